The van der Waals surface area contributed by atoms with Crippen molar-refractivity contribution in [2.75, 3.05) is 0 Å². The normalized spacial score (nSPS) is 11.5. The highest BCUT2D eigenvalue weighted by Gasteiger charge is 2.23. The van der Waals surface area contributed by atoms with Crippen molar-refractivity contribution in [1.29, 1.82) is 0 Å². The topological polar surface area (TPSA) is 0 Å². The van der Waals surface area contributed by atoms with Gasteiger partial charge in [0.1, 0.15) is 17.5 Å². The SMILES string of the molecule is C/C=C/CCc1ccc(-c2ccc(-c3cc(F)c(C#CC(F)(F)F)c(F)c3)c(F)c2)cc1. The van der Waals surface area contributed by atoms with Gasteiger partial charge < -0.3 is 0 Å². The predicted molar refractivity (Wildman–Crippen MR) is 113 cm³/mol. The van der Waals surface area contributed by atoms with E-state index in [1.54, 1.807) is 6.07 Å². The fourth-order valence-corrected chi connectivity index (χ4v) is 3.19. The van der Waals surface area contributed by atoms with Crippen LogP contribution in [0.15, 0.2) is 66.7 Å². The molecule has 0 radical (unpaired) electrons. The van der Waals surface area contributed by atoms with Crippen LogP contribution in [0.3, 0.4) is 0 Å². The molecule has 0 fully saturated rings. The van der Waals surface area contributed by atoms with Gasteiger partial charge in [-0.3, -0.25) is 0 Å². The lowest BCUT2D eigenvalue weighted by atomic mass is 9.97. The molecule has 3 aromatic rings. The summed E-state index contributed by atoms with van der Waals surface area (Å²) in [5.41, 5.74) is 1.27. The lowest BCUT2D eigenvalue weighted by molar-refractivity contribution is -0.0696. The van der Waals surface area contributed by atoms with Gasteiger partial charge >= 0.3 is 6.18 Å². The zero-order valence-electron chi connectivity index (χ0n) is 17.0. The molecule has 0 heterocycles. The molecule has 0 atom stereocenters. The molecule has 0 aromatic heterocycles. The van der Waals surface area contributed by atoms with Crippen molar-refractivity contribution < 1.29 is 26.3 Å². The van der Waals surface area contributed by atoms with Crippen molar-refractivity contribution in [3.8, 4) is 34.1 Å². The van der Waals surface area contributed by atoms with E-state index in [0.717, 1.165) is 42.0 Å². The van der Waals surface area contributed by atoms with E-state index in [1.807, 2.05) is 37.3 Å². The highest BCUT2D eigenvalue weighted by atomic mass is 19.4. The van der Waals surface area contributed by atoms with Crippen LogP contribution >= 0.6 is 0 Å². The Balaban J connectivity index is 1.87. The lowest BCUT2D eigenvalue weighted by Crippen LogP contribution is -2.02. The van der Waals surface area contributed by atoms with Crippen LogP contribution in [0.1, 0.15) is 24.5 Å². The Labute approximate surface area is 182 Å². The Morgan fingerprint density at radius 3 is 1.94 bits per heavy atom. The van der Waals surface area contributed by atoms with Crippen LogP contribution in [-0.2, 0) is 6.42 Å². The third-order valence-corrected chi connectivity index (χ3v) is 4.77. The molecule has 0 amide bonds. The quantitative estimate of drug-likeness (QED) is 0.213. The van der Waals surface area contributed by atoms with Gasteiger partial charge in [0.25, 0.3) is 0 Å². The summed E-state index contributed by atoms with van der Waals surface area (Å²) < 4.78 is 79.7. The van der Waals surface area contributed by atoms with E-state index in [0.29, 0.717) is 5.56 Å². The molecule has 0 saturated heterocycles. The number of alkyl halides is 3. The molecule has 0 saturated carbocycles. The second kappa shape index (κ2) is 9.78. The molecule has 0 aliphatic heterocycles. The second-order valence-corrected chi connectivity index (χ2v) is 7.06. The number of rotatable bonds is 5. The van der Waals surface area contributed by atoms with Crippen LogP contribution in [0.25, 0.3) is 22.3 Å². The minimum absolute atomic E-state index is 0.0788. The first kappa shape index (κ1) is 23.2. The molecule has 0 aliphatic rings. The molecule has 3 aromatic carbocycles. The van der Waals surface area contributed by atoms with Gasteiger partial charge in [-0.25, -0.2) is 13.2 Å². The highest BCUT2D eigenvalue weighted by molar-refractivity contribution is 5.71. The van der Waals surface area contributed by atoms with E-state index in [9.17, 15) is 26.3 Å². The molecule has 0 nitrogen and oxygen atoms in total. The fourth-order valence-electron chi connectivity index (χ4n) is 3.19. The van der Waals surface area contributed by atoms with Crippen LogP contribution in [0, 0.1) is 29.3 Å². The van der Waals surface area contributed by atoms with Crippen molar-refractivity contribution in [2.24, 2.45) is 0 Å². The number of allylic oxidation sites excluding steroid dienone is 2. The van der Waals surface area contributed by atoms with Gasteiger partial charge in [-0.05, 0) is 60.2 Å². The Kier molecular flexibility index (Phi) is 7.09. The van der Waals surface area contributed by atoms with Crippen LogP contribution in [-0.4, -0.2) is 6.18 Å². The fraction of sp³-hybridized carbons (Fsp3) is 0.154. The average molecular weight is 444 g/mol. The van der Waals surface area contributed by atoms with Gasteiger partial charge in [-0.2, -0.15) is 13.2 Å². The van der Waals surface area contributed by atoms with Gasteiger partial charge in [0, 0.05) is 11.5 Å². The first-order chi connectivity index (χ1) is 15.2. The van der Waals surface area contributed by atoms with Crippen LogP contribution < -0.4 is 0 Å². The first-order valence-electron chi connectivity index (χ1n) is 9.77. The summed E-state index contributed by atoms with van der Waals surface area (Å²) in [6.07, 6.45) is 0.985. The van der Waals surface area contributed by atoms with Gasteiger partial charge in [0.15, 0.2) is 0 Å². The number of halogens is 6. The van der Waals surface area contributed by atoms with Crippen molar-refractivity contribution in [3.05, 3.63) is 95.3 Å². The molecule has 0 bridgehead atoms. The highest BCUT2D eigenvalue weighted by Crippen LogP contribution is 2.30. The summed E-state index contributed by atoms with van der Waals surface area (Å²) in [5, 5.41) is 0. The Morgan fingerprint density at radius 2 is 1.38 bits per heavy atom. The van der Waals surface area contributed by atoms with Crippen molar-refractivity contribution in [3.63, 3.8) is 0 Å². The minimum atomic E-state index is -4.88. The predicted octanol–water partition coefficient (Wildman–Crippen LogP) is 7.86. The van der Waals surface area contributed by atoms with Crippen molar-refractivity contribution >= 4 is 0 Å². The molecular formula is C26H18F6. The maximum Gasteiger partial charge on any atom is 0.458 e. The summed E-state index contributed by atoms with van der Waals surface area (Å²) in [5.74, 6) is -1.04. The lowest BCUT2D eigenvalue weighted by Gasteiger charge is -2.09. The molecule has 6 heteroatoms. The maximum atomic E-state index is 14.7. The molecule has 164 valence electrons. The monoisotopic (exact) mass is 444 g/mol. The number of hydrogen-bond donors (Lipinski definition) is 0. The van der Waals surface area contributed by atoms with Crippen molar-refractivity contribution in [2.45, 2.75) is 25.9 Å². The Bertz CT molecular complexity index is 1170. The van der Waals surface area contributed by atoms with Crippen LogP contribution in [0.5, 0.6) is 0 Å². The van der Waals surface area contributed by atoms with E-state index in [1.165, 1.54) is 18.1 Å². The average Bonchev–Trinajstić information content (AvgIpc) is 2.73. The summed E-state index contributed by atoms with van der Waals surface area (Å²) >= 11 is 0. The van der Waals surface area contributed by atoms with E-state index in [2.05, 4.69) is 6.08 Å². The largest absolute Gasteiger partial charge is 0.458 e. The minimum Gasteiger partial charge on any atom is -0.206 e. The van der Waals surface area contributed by atoms with Crippen molar-refractivity contribution in [1.82, 2.24) is 0 Å². The van der Waals surface area contributed by atoms with Gasteiger partial charge in [-0.15, -0.1) is 0 Å². The molecule has 3 rings (SSSR count). The second-order valence-electron chi connectivity index (χ2n) is 7.06. The standard InChI is InChI=1S/C26H18F6/c1-2-3-4-5-17-6-8-18(9-7-17)19-10-11-21(23(27)14-19)20-15-24(28)22(25(29)16-20)12-13-26(30,31)32/h2-3,6-11,14-16H,4-5H2,1H3/b3-2+. The maximum absolute atomic E-state index is 14.7. The molecule has 0 aliphatic carbocycles. The molecule has 0 spiro atoms. The molecular weight excluding hydrogens is 426 g/mol. The van der Waals surface area contributed by atoms with E-state index in [-0.39, 0.29) is 11.1 Å². The van der Waals surface area contributed by atoms with Gasteiger partial charge in [-0.1, -0.05) is 54.5 Å². The third-order valence-electron chi connectivity index (χ3n) is 4.77. The Morgan fingerprint density at radius 1 is 0.781 bits per heavy atom. The zero-order chi connectivity index (χ0) is 23.3. The molecule has 0 unspecified atom stereocenters. The van der Waals surface area contributed by atoms with Gasteiger partial charge in [0.05, 0.1) is 5.56 Å². The Hall–Kier alpha value is -3.46. The van der Waals surface area contributed by atoms with Crippen LogP contribution in [0.4, 0.5) is 26.3 Å². The molecule has 0 N–H and O–H groups in total. The summed E-state index contributed by atoms with van der Waals surface area (Å²) in [4.78, 5) is 0. The van der Waals surface area contributed by atoms with Gasteiger partial charge in [0.2, 0.25) is 0 Å². The number of aryl methyl sites for hydroxylation is 1. The smallest absolute Gasteiger partial charge is 0.206 e. The third kappa shape index (κ3) is 5.82. The van der Waals surface area contributed by atoms with E-state index in [4.69, 9.17) is 0 Å². The summed E-state index contributed by atoms with van der Waals surface area (Å²) in [6, 6.07) is 13.4. The summed E-state index contributed by atoms with van der Waals surface area (Å²) in [6.45, 7) is 1.96. The van der Waals surface area contributed by atoms with E-state index >= 15 is 0 Å². The number of hydrogen-bond acceptors (Lipinski definition) is 0. The number of benzene rings is 3. The summed E-state index contributed by atoms with van der Waals surface area (Å²) in [7, 11) is 0. The molecule has 32 heavy (non-hydrogen) atoms. The zero-order valence-corrected chi connectivity index (χ0v) is 17.0. The first-order valence-corrected chi connectivity index (χ1v) is 9.77. The van der Waals surface area contributed by atoms with Crippen LogP contribution in [0.2, 0.25) is 0 Å². The van der Waals surface area contributed by atoms with E-state index < -0.39 is 29.2 Å².